The number of carbonyl (C=O) groups is 1. The molecule has 0 radical (unpaired) electrons. The predicted molar refractivity (Wildman–Crippen MR) is 70.2 cm³/mol. The van der Waals surface area contributed by atoms with Crippen molar-refractivity contribution in [3.63, 3.8) is 0 Å². The Morgan fingerprint density at radius 1 is 1.47 bits per heavy atom. The summed E-state index contributed by atoms with van der Waals surface area (Å²) in [6, 6.07) is 5.60. The molecule has 0 bridgehead atoms. The zero-order chi connectivity index (χ0) is 12.3. The van der Waals surface area contributed by atoms with Gasteiger partial charge in [-0.15, -0.1) is 0 Å². The summed E-state index contributed by atoms with van der Waals surface area (Å²) in [4.78, 5) is 10.8. The van der Waals surface area contributed by atoms with Crippen LogP contribution in [-0.4, -0.2) is 18.2 Å². The summed E-state index contributed by atoms with van der Waals surface area (Å²) in [6.07, 6.45) is 1.67. The van der Waals surface area contributed by atoms with Gasteiger partial charge in [-0.3, -0.25) is 4.79 Å². The summed E-state index contributed by atoms with van der Waals surface area (Å²) in [7, 11) is 0. The van der Waals surface area contributed by atoms with E-state index in [1.807, 2.05) is 25.1 Å². The highest BCUT2D eigenvalue weighted by atomic mass is 79.9. The first kappa shape index (κ1) is 12.2. The van der Waals surface area contributed by atoms with Crippen LogP contribution in [0.15, 0.2) is 22.6 Å². The average molecular weight is 297 g/mol. The number of alkyl halides is 1. The van der Waals surface area contributed by atoms with Crippen LogP contribution in [0.3, 0.4) is 0 Å². The van der Waals surface area contributed by atoms with Crippen molar-refractivity contribution in [1.29, 1.82) is 0 Å². The largest absolute Gasteiger partial charge is 0.493 e. The monoisotopic (exact) mass is 296 g/mol. The maximum absolute atomic E-state index is 10.8. The summed E-state index contributed by atoms with van der Waals surface area (Å²) in [5, 5.41) is 1.80. The van der Waals surface area contributed by atoms with E-state index in [1.165, 1.54) is 0 Å². The van der Waals surface area contributed by atoms with Crippen molar-refractivity contribution in [1.82, 2.24) is 0 Å². The van der Waals surface area contributed by atoms with E-state index in [1.54, 1.807) is 0 Å². The number of fused-ring (bicyclic) bond motifs is 1. The van der Waals surface area contributed by atoms with Crippen LogP contribution in [0.25, 0.3) is 11.0 Å². The first-order valence-corrected chi connectivity index (χ1v) is 6.56. The predicted octanol–water partition coefficient (Wildman–Crippen LogP) is 3.72. The second-order valence-electron chi connectivity index (χ2n) is 3.73. The minimum absolute atomic E-state index is 0.372. The van der Waals surface area contributed by atoms with E-state index in [2.05, 4.69) is 15.9 Å². The fourth-order valence-corrected chi connectivity index (χ4v) is 1.98. The number of ether oxygens (including phenoxy) is 1. The normalized spacial score (nSPS) is 10.7. The fourth-order valence-electron chi connectivity index (χ4n) is 1.75. The summed E-state index contributed by atoms with van der Waals surface area (Å²) < 4.78 is 11.1. The van der Waals surface area contributed by atoms with Crippen LogP contribution in [0.2, 0.25) is 0 Å². The Balaban J connectivity index is 2.41. The minimum Gasteiger partial charge on any atom is -0.493 e. The Labute approximate surface area is 108 Å². The maximum atomic E-state index is 10.8. The van der Waals surface area contributed by atoms with Crippen LogP contribution in [-0.2, 0) is 0 Å². The fraction of sp³-hybridized carbons (Fsp3) is 0.308. The Kier molecular flexibility index (Phi) is 3.84. The summed E-state index contributed by atoms with van der Waals surface area (Å²) in [6.45, 7) is 2.51. The Bertz CT molecular complexity index is 531. The third-order valence-corrected chi connectivity index (χ3v) is 3.16. The van der Waals surface area contributed by atoms with Crippen molar-refractivity contribution in [3.8, 4) is 5.75 Å². The van der Waals surface area contributed by atoms with Gasteiger partial charge < -0.3 is 9.15 Å². The Morgan fingerprint density at radius 3 is 3.00 bits per heavy atom. The molecule has 1 aromatic heterocycles. The molecule has 0 aliphatic carbocycles. The van der Waals surface area contributed by atoms with Gasteiger partial charge in [0.15, 0.2) is 12.0 Å². The van der Waals surface area contributed by atoms with Gasteiger partial charge in [0.1, 0.15) is 11.3 Å². The van der Waals surface area contributed by atoms with E-state index in [0.29, 0.717) is 18.0 Å². The lowest BCUT2D eigenvalue weighted by molar-refractivity contribution is 0.110. The molecule has 0 spiro atoms. The molecule has 4 heteroatoms. The lowest BCUT2D eigenvalue weighted by Gasteiger charge is -2.06. The van der Waals surface area contributed by atoms with Gasteiger partial charge in [0.2, 0.25) is 0 Å². The smallest absolute Gasteiger partial charge is 0.185 e. The molecule has 0 aliphatic rings. The lowest BCUT2D eigenvalue weighted by Crippen LogP contribution is -1.98. The van der Waals surface area contributed by atoms with Crippen molar-refractivity contribution in [2.24, 2.45) is 0 Å². The van der Waals surface area contributed by atoms with Crippen LogP contribution < -0.4 is 4.74 Å². The quantitative estimate of drug-likeness (QED) is 0.480. The molecule has 90 valence electrons. The molecule has 0 amide bonds. The molecule has 0 saturated heterocycles. The minimum atomic E-state index is 0.372. The zero-order valence-electron chi connectivity index (χ0n) is 9.53. The number of carbonyl (C=O) groups excluding carboxylic acids is 1. The third-order valence-electron chi connectivity index (χ3n) is 2.60. The van der Waals surface area contributed by atoms with E-state index in [-0.39, 0.29) is 0 Å². The van der Waals surface area contributed by atoms with Gasteiger partial charge in [0.25, 0.3) is 0 Å². The van der Waals surface area contributed by atoms with Crippen LogP contribution in [0.4, 0.5) is 0 Å². The van der Waals surface area contributed by atoms with Gasteiger partial charge in [0.05, 0.1) is 12.0 Å². The van der Waals surface area contributed by atoms with Gasteiger partial charge in [0, 0.05) is 10.9 Å². The molecule has 0 N–H and O–H groups in total. The molecule has 2 rings (SSSR count). The second-order valence-corrected chi connectivity index (χ2v) is 4.52. The molecule has 3 nitrogen and oxygen atoms in total. The highest BCUT2D eigenvalue weighted by Crippen LogP contribution is 2.32. The third kappa shape index (κ3) is 2.36. The molecule has 0 unspecified atom stereocenters. The van der Waals surface area contributed by atoms with Gasteiger partial charge >= 0.3 is 0 Å². The van der Waals surface area contributed by atoms with Gasteiger partial charge in [-0.05, 0) is 25.5 Å². The van der Waals surface area contributed by atoms with Crippen molar-refractivity contribution >= 4 is 33.2 Å². The van der Waals surface area contributed by atoms with E-state index >= 15 is 0 Å². The average Bonchev–Trinajstić information content (AvgIpc) is 2.67. The molecule has 2 aromatic rings. The first-order valence-electron chi connectivity index (χ1n) is 5.44. The molecule has 0 saturated carbocycles. The van der Waals surface area contributed by atoms with Gasteiger partial charge in [-0.25, -0.2) is 0 Å². The number of aryl methyl sites for hydroxylation is 1. The van der Waals surface area contributed by atoms with Crippen molar-refractivity contribution in [2.45, 2.75) is 13.3 Å². The van der Waals surface area contributed by atoms with E-state index < -0.39 is 0 Å². The van der Waals surface area contributed by atoms with Crippen LogP contribution in [0, 0.1) is 6.92 Å². The number of aldehydes is 1. The zero-order valence-corrected chi connectivity index (χ0v) is 11.1. The van der Waals surface area contributed by atoms with Crippen LogP contribution >= 0.6 is 15.9 Å². The van der Waals surface area contributed by atoms with Crippen LogP contribution in [0.5, 0.6) is 5.75 Å². The van der Waals surface area contributed by atoms with Crippen molar-refractivity contribution in [2.75, 3.05) is 11.9 Å². The van der Waals surface area contributed by atoms with E-state index in [9.17, 15) is 4.79 Å². The SMILES string of the molecule is Cc1c(C=O)oc2cccc(OCCCBr)c12. The standard InChI is InChI=1S/C13H13BrO3/c1-9-12(8-15)17-11-5-2-4-10(13(9)11)16-7-3-6-14/h2,4-5,8H,3,6-7H2,1H3. The molecule has 1 aromatic carbocycles. The molecule has 0 fully saturated rings. The Hall–Kier alpha value is -1.29. The molecule has 0 aliphatic heterocycles. The highest BCUT2D eigenvalue weighted by Gasteiger charge is 2.13. The summed E-state index contributed by atoms with van der Waals surface area (Å²) >= 11 is 3.36. The summed E-state index contributed by atoms with van der Waals surface area (Å²) in [5.74, 6) is 1.15. The highest BCUT2D eigenvalue weighted by molar-refractivity contribution is 9.09. The van der Waals surface area contributed by atoms with E-state index in [4.69, 9.17) is 9.15 Å². The maximum Gasteiger partial charge on any atom is 0.185 e. The second kappa shape index (κ2) is 5.36. The van der Waals surface area contributed by atoms with Crippen LogP contribution in [0.1, 0.15) is 22.5 Å². The van der Waals surface area contributed by atoms with Gasteiger partial charge in [-0.2, -0.15) is 0 Å². The number of hydrogen-bond donors (Lipinski definition) is 0. The topological polar surface area (TPSA) is 39.4 Å². The molecule has 0 atom stereocenters. The number of benzene rings is 1. The molecular weight excluding hydrogens is 284 g/mol. The number of halogens is 1. The number of hydrogen-bond acceptors (Lipinski definition) is 3. The van der Waals surface area contributed by atoms with Gasteiger partial charge in [-0.1, -0.05) is 22.0 Å². The number of furan rings is 1. The molecule has 1 heterocycles. The number of rotatable bonds is 5. The molecule has 17 heavy (non-hydrogen) atoms. The molecular formula is C13H13BrO3. The van der Waals surface area contributed by atoms with Crippen molar-refractivity contribution in [3.05, 3.63) is 29.5 Å². The Morgan fingerprint density at radius 2 is 2.29 bits per heavy atom. The van der Waals surface area contributed by atoms with Crippen molar-refractivity contribution < 1.29 is 13.9 Å². The van der Waals surface area contributed by atoms with E-state index in [0.717, 1.165) is 34.7 Å². The first-order chi connectivity index (χ1) is 8.27. The lowest BCUT2D eigenvalue weighted by atomic mass is 10.1. The summed E-state index contributed by atoms with van der Waals surface area (Å²) in [5.41, 5.74) is 1.53.